The lowest BCUT2D eigenvalue weighted by Crippen LogP contribution is -2.17. The molecule has 1 N–H and O–H groups in total. The minimum Gasteiger partial charge on any atom is -0.314 e. The third-order valence-electron chi connectivity index (χ3n) is 3.31. The van der Waals surface area contributed by atoms with Gasteiger partial charge in [0, 0.05) is 18.9 Å². The summed E-state index contributed by atoms with van der Waals surface area (Å²) in [5.74, 6) is 0.729. The van der Waals surface area contributed by atoms with Gasteiger partial charge in [0.15, 0.2) is 0 Å². The number of nitrogens with zero attached hydrogens (tertiary/aromatic N) is 2. The lowest BCUT2D eigenvalue weighted by molar-refractivity contribution is 0.556. The summed E-state index contributed by atoms with van der Waals surface area (Å²) in [6.45, 7) is 5.64. The Labute approximate surface area is 108 Å². The monoisotopic (exact) mass is 253 g/mol. The quantitative estimate of drug-likeness (QED) is 0.724. The van der Waals surface area contributed by atoms with Crippen molar-refractivity contribution in [3.8, 4) is 0 Å². The Bertz CT molecular complexity index is 333. The Morgan fingerprint density at radius 2 is 2.12 bits per heavy atom. The SMILES string of the molecule is CCC(C)Cc1nnc(CCCNC2CC2)s1. The van der Waals surface area contributed by atoms with Crippen LogP contribution >= 0.6 is 11.3 Å². The van der Waals surface area contributed by atoms with E-state index in [0.29, 0.717) is 0 Å². The highest BCUT2D eigenvalue weighted by molar-refractivity contribution is 7.11. The molecule has 0 radical (unpaired) electrons. The molecule has 0 amide bonds. The fourth-order valence-electron chi connectivity index (χ4n) is 1.75. The predicted octanol–water partition coefficient (Wildman–Crippen LogP) is 2.81. The van der Waals surface area contributed by atoms with Crippen molar-refractivity contribution in [2.75, 3.05) is 6.54 Å². The molecule has 0 spiro atoms. The average Bonchev–Trinajstić information content (AvgIpc) is 3.05. The molecule has 3 nitrogen and oxygen atoms in total. The third-order valence-corrected chi connectivity index (χ3v) is 4.31. The maximum absolute atomic E-state index is 4.28. The van der Waals surface area contributed by atoms with Crippen molar-refractivity contribution in [1.82, 2.24) is 15.5 Å². The van der Waals surface area contributed by atoms with Crippen molar-refractivity contribution < 1.29 is 0 Å². The van der Waals surface area contributed by atoms with Crippen LogP contribution < -0.4 is 5.32 Å². The number of rotatable bonds is 8. The highest BCUT2D eigenvalue weighted by Gasteiger charge is 2.19. The summed E-state index contributed by atoms with van der Waals surface area (Å²) in [6.07, 6.45) is 7.33. The van der Waals surface area contributed by atoms with Crippen molar-refractivity contribution in [1.29, 1.82) is 0 Å². The highest BCUT2D eigenvalue weighted by Crippen LogP contribution is 2.19. The van der Waals surface area contributed by atoms with Gasteiger partial charge in [-0.25, -0.2) is 0 Å². The van der Waals surface area contributed by atoms with E-state index < -0.39 is 0 Å². The molecule has 17 heavy (non-hydrogen) atoms. The zero-order valence-corrected chi connectivity index (χ0v) is 11.7. The summed E-state index contributed by atoms with van der Waals surface area (Å²) in [6, 6.07) is 0.824. The van der Waals surface area contributed by atoms with Crippen molar-refractivity contribution in [3.63, 3.8) is 0 Å². The molecule has 1 aliphatic rings. The Kier molecular flexibility index (Phi) is 4.92. The minimum atomic E-state index is 0.729. The number of nitrogens with one attached hydrogen (secondary N) is 1. The van der Waals surface area contributed by atoms with Gasteiger partial charge in [-0.3, -0.25) is 0 Å². The van der Waals surface area contributed by atoms with E-state index in [1.165, 1.54) is 35.7 Å². The summed E-state index contributed by atoms with van der Waals surface area (Å²) in [4.78, 5) is 0. The van der Waals surface area contributed by atoms with Crippen LogP contribution in [0.15, 0.2) is 0 Å². The molecular formula is C13H23N3S. The normalized spacial score (nSPS) is 17.3. The first-order valence-electron chi connectivity index (χ1n) is 6.82. The van der Waals surface area contributed by atoms with Gasteiger partial charge in [-0.1, -0.05) is 20.3 Å². The zero-order chi connectivity index (χ0) is 12.1. The third kappa shape index (κ3) is 4.72. The van der Waals surface area contributed by atoms with Gasteiger partial charge in [0.2, 0.25) is 0 Å². The number of aryl methyl sites for hydroxylation is 1. The molecule has 0 aliphatic heterocycles. The van der Waals surface area contributed by atoms with Crippen LogP contribution in [-0.4, -0.2) is 22.8 Å². The van der Waals surface area contributed by atoms with Crippen LogP contribution in [0.4, 0.5) is 0 Å². The molecule has 0 bridgehead atoms. The molecule has 1 saturated carbocycles. The molecule has 1 aromatic heterocycles. The van der Waals surface area contributed by atoms with Gasteiger partial charge in [-0.2, -0.15) is 0 Å². The smallest absolute Gasteiger partial charge is 0.117 e. The van der Waals surface area contributed by atoms with Gasteiger partial charge < -0.3 is 5.32 Å². The zero-order valence-electron chi connectivity index (χ0n) is 10.9. The van der Waals surface area contributed by atoms with Gasteiger partial charge in [0.05, 0.1) is 0 Å². The molecule has 4 heteroatoms. The van der Waals surface area contributed by atoms with Crippen LogP contribution in [0.25, 0.3) is 0 Å². The number of aromatic nitrogens is 2. The van der Waals surface area contributed by atoms with E-state index in [4.69, 9.17) is 0 Å². The van der Waals surface area contributed by atoms with Gasteiger partial charge in [-0.05, 0) is 31.7 Å². The molecule has 1 unspecified atom stereocenters. The molecule has 1 fully saturated rings. The Balaban J connectivity index is 1.65. The second-order valence-corrected chi connectivity index (χ2v) is 6.29. The lowest BCUT2D eigenvalue weighted by atomic mass is 10.1. The minimum absolute atomic E-state index is 0.729. The van der Waals surface area contributed by atoms with Gasteiger partial charge in [0.25, 0.3) is 0 Å². The van der Waals surface area contributed by atoms with Crippen LogP contribution in [-0.2, 0) is 12.8 Å². The highest BCUT2D eigenvalue weighted by atomic mass is 32.1. The first-order valence-corrected chi connectivity index (χ1v) is 7.64. The molecule has 0 aromatic carbocycles. The predicted molar refractivity (Wildman–Crippen MR) is 72.4 cm³/mol. The lowest BCUT2D eigenvalue weighted by Gasteiger charge is -2.02. The van der Waals surface area contributed by atoms with E-state index in [1.54, 1.807) is 11.3 Å². The first kappa shape index (κ1) is 13.0. The van der Waals surface area contributed by atoms with Gasteiger partial charge >= 0.3 is 0 Å². The van der Waals surface area contributed by atoms with E-state index in [0.717, 1.165) is 31.3 Å². The van der Waals surface area contributed by atoms with Crippen LogP contribution in [0.5, 0.6) is 0 Å². The van der Waals surface area contributed by atoms with E-state index in [-0.39, 0.29) is 0 Å². The van der Waals surface area contributed by atoms with Crippen molar-refractivity contribution >= 4 is 11.3 Å². The van der Waals surface area contributed by atoms with Crippen molar-refractivity contribution in [2.45, 2.75) is 58.4 Å². The molecule has 1 aliphatic carbocycles. The van der Waals surface area contributed by atoms with Gasteiger partial charge in [-0.15, -0.1) is 21.5 Å². The summed E-state index contributed by atoms with van der Waals surface area (Å²) >= 11 is 1.80. The van der Waals surface area contributed by atoms with Crippen molar-refractivity contribution in [2.24, 2.45) is 5.92 Å². The van der Waals surface area contributed by atoms with E-state index in [2.05, 4.69) is 29.4 Å². The number of hydrogen-bond donors (Lipinski definition) is 1. The second-order valence-electron chi connectivity index (χ2n) is 5.14. The Morgan fingerprint density at radius 1 is 1.35 bits per heavy atom. The molecule has 2 rings (SSSR count). The maximum atomic E-state index is 4.28. The fourth-order valence-corrected chi connectivity index (χ4v) is 2.80. The van der Waals surface area contributed by atoms with E-state index in [9.17, 15) is 0 Å². The molecule has 1 aromatic rings. The average molecular weight is 253 g/mol. The van der Waals surface area contributed by atoms with E-state index >= 15 is 0 Å². The summed E-state index contributed by atoms with van der Waals surface area (Å²) in [5, 5.41) is 14.5. The molecule has 96 valence electrons. The van der Waals surface area contributed by atoms with Crippen LogP contribution in [0.2, 0.25) is 0 Å². The standard InChI is InChI=1S/C13H23N3S/c1-3-10(2)9-13-16-15-12(17-13)5-4-8-14-11-6-7-11/h10-11,14H,3-9H2,1-2H3. The number of hydrogen-bond acceptors (Lipinski definition) is 4. The van der Waals surface area contributed by atoms with Crippen LogP contribution in [0.1, 0.15) is 49.5 Å². The molecule has 1 heterocycles. The summed E-state index contributed by atoms with van der Waals surface area (Å²) in [7, 11) is 0. The van der Waals surface area contributed by atoms with E-state index in [1.807, 2.05) is 0 Å². The Morgan fingerprint density at radius 3 is 2.82 bits per heavy atom. The van der Waals surface area contributed by atoms with Crippen LogP contribution in [0, 0.1) is 5.92 Å². The summed E-state index contributed by atoms with van der Waals surface area (Å²) < 4.78 is 0. The van der Waals surface area contributed by atoms with Crippen molar-refractivity contribution in [3.05, 3.63) is 10.0 Å². The molecule has 1 atom stereocenters. The largest absolute Gasteiger partial charge is 0.314 e. The summed E-state index contributed by atoms with van der Waals surface area (Å²) in [5.41, 5.74) is 0. The first-order chi connectivity index (χ1) is 8.28. The van der Waals surface area contributed by atoms with Crippen LogP contribution in [0.3, 0.4) is 0 Å². The van der Waals surface area contributed by atoms with Gasteiger partial charge in [0.1, 0.15) is 10.0 Å². The molecule has 0 saturated heterocycles. The fraction of sp³-hybridized carbons (Fsp3) is 0.846. The second kappa shape index (κ2) is 6.45. The topological polar surface area (TPSA) is 37.8 Å². The Hall–Kier alpha value is -0.480. The maximum Gasteiger partial charge on any atom is 0.117 e. The molecular weight excluding hydrogens is 230 g/mol.